The zero-order chi connectivity index (χ0) is 50.3. The molecule has 0 aliphatic carbocycles. The molecule has 0 aromatic rings. The first-order valence-electron chi connectivity index (χ1n) is 27.1. The van der Waals surface area contributed by atoms with Gasteiger partial charge in [-0.25, -0.2) is 8.42 Å². The van der Waals surface area contributed by atoms with Gasteiger partial charge in [0.15, 0.2) is 9.84 Å². The van der Waals surface area contributed by atoms with Crippen LogP contribution in [0.5, 0.6) is 0 Å². The summed E-state index contributed by atoms with van der Waals surface area (Å²) < 4.78 is 26.6. The molecule has 0 radical (unpaired) electrons. The molecular weight excluding hydrogens is 893 g/mol. The Hall–Kier alpha value is -0.220. The minimum absolute atomic E-state index is 0.337. The minimum Gasteiger partial charge on any atom is -0.379 e. The van der Waals surface area contributed by atoms with E-state index in [1.807, 2.05) is 11.9 Å². The first kappa shape index (κ1) is 65.8. The van der Waals surface area contributed by atoms with Crippen LogP contribution in [0.3, 0.4) is 0 Å². The van der Waals surface area contributed by atoms with Crippen LogP contribution in [0.4, 0.5) is 0 Å². The number of nitrogens with one attached hydrogen (secondary N) is 1. The van der Waals surface area contributed by atoms with E-state index in [0.717, 1.165) is 39.4 Å². The van der Waals surface area contributed by atoms with Crippen LogP contribution < -0.4 is 5.32 Å². The minimum atomic E-state index is -2.66. The molecule has 9 aliphatic rings. The van der Waals surface area contributed by atoms with Gasteiger partial charge in [-0.15, -0.1) is 0 Å². The van der Waals surface area contributed by atoms with Crippen LogP contribution in [0.15, 0.2) is 0 Å². The molecule has 0 bridgehead atoms. The maximum atomic E-state index is 10.8. The predicted octanol–water partition coefficient (Wildman–Crippen LogP) is 2.90. The summed E-state index contributed by atoms with van der Waals surface area (Å²) in [5.74, 6) is 3.33. The molecule has 1 N–H and O–H groups in total. The van der Waals surface area contributed by atoms with Crippen LogP contribution in [-0.4, -0.2) is 333 Å². The van der Waals surface area contributed by atoms with Crippen LogP contribution in [0.1, 0.15) is 64.2 Å². The molecular formula is C51H114N12O3S2. The number of rotatable bonds is 0. The highest BCUT2D eigenvalue weighted by atomic mass is 32.2. The maximum Gasteiger partial charge on any atom is 0.152 e. The number of ether oxygens (including phenoxy) is 1. The first-order valence-corrected chi connectivity index (χ1v) is 30.1. The molecule has 408 valence electrons. The normalized spacial score (nSPS) is 25.9. The second-order valence-electron chi connectivity index (χ2n) is 21.0. The maximum absolute atomic E-state index is 10.8. The van der Waals surface area contributed by atoms with Crippen LogP contribution >= 0.6 is 11.8 Å². The molecule has 9 aliphatic heterocycles. The quantitative estimate of drug-likeness (QED) is 0.386. The van der Waals surface area contributed by atoms with Crippen LogP contribution in [0.2, 0.25) is 0 Å². The summed E-state index contributed by atoms with van der Waals surface area (Å²) in [6, 6.07) is 0. The summed E-state index contributed by atoms with van der Waals surface area (Å²) in [6.45, 7) is 30.6. The summed E-state index contributed by atoms with van der Waals surface area (Å²) >= 11 is 2.06. The van der Waals surface area contributed by atoms with E-state index in [1.54, 1.807) is 0 Å². The zero-order valence-corrected chi connectivity index (χ0v) is 48.4. The molecule has 0 saturated carbocycles. The van der Waals surface area contributed by atoms with Crippen molar-refractivity contribution in [3.63, 3.8) is 0 Å². The number of hydrogen-bond donors (Lipinski definition) is 1. The number of piperidine rings is 1. The number of nitrogens with zero attached hydrogens (tertiary/aromatic N) is 11. The van der Waals surface area contributed by atoms with Gasteiger partial charge in [0, 0.05) is 116 Å². The average Bonchev–Trinajstić information content (AvgIpc) is 3.57. The largest absolute Gasteiger partial charge is 0.379 e. The van der Waals surface area contributed by atoms with Gasteiger partial charge in [-0.2, -0.15) is 11.8 Å². The van der Waals surface area contributed by atoms with E-state index in [0.29, 0.717) is 24.6 Å². The van der Waals surface area contributed by atoms with E-state index < -0.39 is 9.84 Å². The highest BCUT2D eigenvalue weighted by Gasteiger charge is 2.18. The van der Waals surface area contributed by atoms with E-state index in [1.165, 1.54) is 194 Å². The summed E-state index contributed by atoms with van der Waals surface area (Å²) in [4.78, 5) is 25.7. The molecule has 9 saturated heterocycles. The van der Waals surface area contributed by atoms with Crippen LogP contribution in [0, 0.1) is 0 Å². The predicted molar refractivity (Wildman–Crippen MR) is 298 cm³/mol. The number of sulfone groups is 1. The molecule has 9 heterocycles. The Kier molecular flexibility index (Phi) is 41.8. The lowest BCUT2D eigenvalue weighted by Gasteiger charge is -2.28. The number of piperazine rings is 2. The van der Waals surface area contributed by atoms with Crippen molar-refractivity contribution in [2.45, 2.75) is 64.2 Å². The van der Waals surface area contributed by atoms with Crippen molar-refractivity contribution in [1.82, 2.24) is 59.2 Å². The first-order chi connectivity index (χ1) is 32.5. The Labute approximate surface area is 427 Å². The molecule has 0 amide bonds. The molecule has 68 heavy (non-hydrogen) atoms. The Morgan fingerprint density at radius 2 is 0.574 bits per heavy atom. The van der Waals surface area contributed by atoms with Crippen molar-refractivity contribution in [3.05, 3.63) is 0 Å². The molecule has 0 aromatic carbocycles. The monoisotopic (exact) mass is 1010 g/mol. The van der Waals surface area contributed by atoms with Crippen molar-refractivity contribution >= 4 is 21.6 Å². The van der Waals surface area contributed by atoms with E-state index in [2.05, 4.69) is 137 Å². The van der Waals surface area contributed by atoms with Gasteiger partial charge >= 0.3 is 0 Å². The molecule has 0 atom stereocenters. The number of thioether (sulfide) groups is 1. The van der Waals surface area contributed by atoms with Gasteiger partial charge < -0.3 is 64.0 Å². The Morgan fingerprint density at radius 3 is 0.853 bits per heavy atom. The highest BCUT2D eigenvalue weighted by Crippen LogP contribution is 2.08. The third-order valence-corrected chi connectivity index (χ3v) is 16.3. The molecule has 0 spiro atoms. The van der Waals surface area contributed by atoms with Gasteiger partial charge in [-0.1, -0.05) is 19.3 Å². The number of morpholine rings is 1. The third kappa shape index (κ3) is 42.3. The second kappa shape index (κ2) is 43.2. The van der Waals surface area contributed by atoms with Gasteiger partial charge in [0.25, 0.3) is 0 Å². The Bertz CT molecular complexity index is 1090. The van der Waals surface area contributed by atoms with Gasteiger partial charge in [-0.3, -0.25) is 0 Å². The average molecular weight is 1010 g/mol. The molecule has 17 heteroatoms. The number of hydrogen-bond acceptors (Lipinski definition) is 16. The van der Waals surface area contributed by atoms with E-state index in [9.17, 15) is 8.42 Å². The SMILES string of the molecule is CN1CCCC1.CN1CCCCC1.CN1CCCCCC1.CN1CCCN(C)CC1.CN1CCN(C)CC1.CN1CCNCC1.CN1CCOCC1.CN1CCS(=O)(=O)CC1.CN1CCSCC1. The summed E-state index contributed by atoms with van der Waals surface area (Å²) in [5.41, 5.74) is 0. The van der Waals surface area contributed by atoms with E-state index in [4.69, 9.17) is 4.74 Å². The van der Waals surface area contributed by atoms with Crippen molar-refractivity contribution in [2.75, 3.05) is 271 Å². The zero-order valence-electron chi connectivity index (χ0n) is 46.7. The lowest BCUT2D eigenvalue weighted by Crippen LogP contribution is -2.42. The standard InChI is InChI=1S/C7H16N2.C7H15N.C6H14N2.C6H13N.C5H12N2.C5H11NO2S.C5H11NO.C5H11NS.C5H11N/c1-8-4-3-5-9(2)7-6-8;1-8-6-4-2-3-5-7-8;1-7-3-5-8(2)6-4-7;1-7-5-3-2-4-6-7;1-7-4-2-6-3-5-7;1-6-2-4-9(7,8)5-3-6;2*1-6-2-4-7-5-3-6;1-6-4-2-3-5-6/h3-7H2,1-2H3;2-7H2,1H3;3-6H2,1-2H3;2-6H2,1H3;6H,2-5H2,1H3;2-5H2,1H3;2*2-5H2,1H3;2-5H2,1H3. The van der Waals surface area contributed by atoms with E-state index in [-0.39, 0.29) is 0 Å². The van der Waals surface area contributed by atoms with Crippen molar-refractivity contribution in [2.24, 2.45) is 0 Å². The lowest BCUT2D eigenvalue weighted by atomic mass is 10.1. The fraction of sp³-hybridized carbons (Fsp3) is 1.00. The van der Waals surface area contributed by atoms with Gasteiger partial charge in [0.1, 0.15) is 0 Å². The Balaban J connectivity index is 0.000000383. The summed E-state index contributed by atoms with van der Waals surface area (Å²) in [6.07, 6.45) is 14.2. The topological polar surface area (TPSA) is 91.0 Å². The van der Waals surface area contributed by atoms with Gasteiger partial charge in [0.05, 0.1) is 24.7 Å². The van der Waals surface area contributed by atoms with Crippen LogP contribution in [-0.2, 0) is 14.6 Å². The lowest BCUT2D eigenvalue weighted by molar-refractivity contribution is 0.0503. The number of likely N-dealkylation sites (N-methyl/N-ethyl adjacent to an activating group) is 6. The third-order valence-electron chi connectivity index (χ3n) is 13.8. The second-order valence-corrected chi connectivity index (χ2v) is 24.5. The van der Waals surface area contributed by atoms with Gasteiger partial charge in [-0.05, 0) is 175 Å². The molecule has 15 nitrogen and oxygen atoms in total. The number of likely N-dealkylation sites (tertiary alicyclic amines) is 3. The summed E-state index contributed by atoms with van der Waals surface area (Å²) in [5, 5.41) is 3.27. The summed E-state index contributed by atoms with van der Waals surface area (Å²) in [7, 11) is 21.0. The highest BCUT2D eigenvalue weighted by molar-refractivity contribution is 7.99. The molecule has 0 unspecified atom stereocenters. The fourth-order valence-corrected chi connectivity index (χ4v) is 10.6. The molecule has 9 rings (SSSR count). The van der Waals surface area contributed by atoms with Crippen molar-refractivity contribution in [1.29, 1.82) is 0 Å². The smallest absolute Gasteiger partial charge is 0.152 e. The molecule has 9 fully saturated rings. The van der Waals surface area contributed by atoms with Crippen molar-refractivity contribution in [3.8, 4) is 0 Å². The van der Waals surface area contributed by atoms with E-state index >= 15 is 0 Å². The van der Waals surface area contributed by atoms with Gasteiger partial charge in [0.2, 0.25) is 0 Å². The van der Waals surface area contributed by atoms with Crippen LogP contribution in [0.25, 0.3) is 0 Å². The van der Waals surface area contributed by atoms with Crippen molar-refractivity contribution < 1.29 is 13.2 Å². The Morgan fingerprint density at radius 1 is 0.309 bits per heavy atom. The molecule has 0 aromatic heterocycles. The fourth-order valence-electron chi connectivity index (χ4n) is 8.13.